The molecule has 2 atom stereocenters. The fourth-order valence-corrected chi connectivity index (χ4v) is 4.37. The van der Waals surface area contributed by atoms with Gasteiger partial charge in [-0.1, -0.05) is 6.07 Å². The van der Waals surface area contributed by atoms with Gasteiger partial charge >= 0.3 is 0 Å². The van der Waals surface area contributed by atoms with Crippen LogP contribution in [0.15, 0.2) is 17.5 Å². The van der Waals surface area contributed by atoms with Gasteiger partial charge in [-0.05, 0) is 24.3 Å². The first-order valence-electron chi connectivity index (χ1n) is 6.01. The van der Waals surface area contributed by atoms with Gasteiger partial charge in [-0.25, -0.2) is 0 Å². The van der Waals surface area contributed by atoms with Crippen LogP contribution in [0.5, 0.6) is 0 Å². The number of thioether (sulfide) groups is 1. The average Bonchev–Trinajstić information content (AvgIpc) is 3.09. The summed E-state index contributed by atoms with van der Waals surface area (Å²) in [4.78, 5) is 15.8. The lowest BCUT2D eigenvalue weighted by molar-refractivity contribution is -0.133. The summed E-state index contributed by atoms with van der Waals surface area (Å²) in [6.45, 7) is 0.921. The molecule has 3 rings (SSSR count). The highest BCUT2D eigenvalue weighted by molar-refractivity contribution is 7.99. The van der Waals surface area contributed by atoms with Crippen molar-refractivity contribution in [3.63, 3.8) is 0 Å². The highest BCUT2D eigenvalue weighted by Crippen LogP contribution is 2.35. The second kappa shape index (κ2) is 5.00. The van der Waals surface area contributed by atoms with Crippen LogP contribution >= 0.6 is 23.1 Å². The average molecular weight is 268 g/mol. The van der Waals surface area contributed by atoms with E-state index in [-0.39, 0.29) is 6.04 Å². The highest BCUT2D eigenvalue weighted by atomic mass is 32.2. The normalized spacial score (nSPS) is 28.8. The van der Waals surface area contributed by atoms with Crippen molar-refractivity contribution in [3.05, 3.63) is 22.4 Å². The van der Waals surface area contributed by atoms with Crippen LogP contribution in [0, 0.1) is 0 Å². The quantitative estimate of drug-likeness (QED) is 0.891. The van der Waals surface area contributed by atoms with E-state index in [2.05, 4.69) is 27.7 Å². The van der Waals surface area contributed by atoms with Gasteiger partial charge in [0.15, 0.2) is 0 Å². The molecule has 0 radical (unpaired) electrons. The van der Waals surface area contributed by atoms with Crippen LogP contribution in [0.4, 0.5) is 0 Å². The van der Waals surface area contributed by atoms with Crippen molar-refractivity contribution >= 4 is 29.0 Å². The molecule has 1 aromatic rings. The van der Waals surface area contributed by atoms with E-state index in [0.717, 1.165) is 31.0 Å². The van der Waals surface area contributed by atoms with Gasteiger partial charge in [0, 0.05) is 23.1 Å². The lowest BCUT2D eigenvalue weighted by Gasteiger charge is -2.26. The molecule has 1 amide bonds. The summed E-state index contributed by atoms with van der Waals surface area (Å²) in [6.07, 6.45) is 2.25. The van der Waals surface area contributed by atoms with Gasteiger partial charge in [0.25, 0.3) is 0 Å². The number of amides is 1. The van der Waals surface area contributed by atoms with Gasteiger partial charge in [0.05, 0.1) is 12.1 Å². The third kappa shape index (κ3) is 2.23. The molecule has 1 N–H and O–H groups in total. The maximum absolute atomic E-state index is 12.4. The number of thiophene rings is 1. The third-order valence-electron chi connectivity index (χ3n) is 3.42. The maximum Gasteiger partial charge on any atom is 0.241 e. The summed E-state index contributed by atoms with van der Waals surface area (Å²) in [5.74, 6) is 2.13. The molecule has 3 nitrogen and oxygen atoms in total. The molecular weight excluding hydrogens is 252 g/mol. The topological polar surface area (TPSA) is 32.3 Å². The number of nitrogens with zero attached hydrogens (tertiary/aromatic N) is 1. The fourth-order valence-electron chi connectivity index (χ4n) is 2.56. The van der Waals surface area contributed by atoms with Crippen molar-refractivity contribution in [2.24, 2.45) is 0 Å². The molecule has 2 fully saturated rings. The van der Waals surface area contributed by atoms with Crippen molar-refractivity contribution in [2.75, 3.05) is 18.2 Å². The number of carbonyl (C=O) groups excluding carboxylic acids is 1. The van der Waals surface area contributed by atoms with Crippen LogP contribution in [0.2, 0.25) is 0 Å². The third-order valence-corrected chi connectivity index (χ3v) is 5.34. The molecule has 2 saturated heterocycles. The lowest BCUT2D eigenvalue weighted by atomic mass is 10.1. The van der Waals surface area contributed by atoms with Crippen LogP contribution in [0.3, 0.4) is 0 Å². The van der Waals surface area contributed by atoms with Crippen LogP contribution in [-0.4, -0.2) is 35.0 Å². The molecule has 0 bridgehead atoms. The van der Waals surface area contributed by atoms with E-state index in [4.69, 9.17) is 0 Å². The Bertz CT molecular complexity index is 387. The zero-order valence-corrected chi connectivity index (χ0v) is 11.2. The van der Waals surface area contributed by atoms with Gasteiger partial charge < -0.3 is 4.90 Å². The van der Waals surface area contributed by atoms with E-state index < -0.39 is 0 Å². The molecule has 1 aromatic heterocycles. The number of hydrogen-bond acceptors (Lipinski definition) is 4. The molecule has 0 saturated carbocycles. The van der Waals surface area contributed by atoms with Crippen LogP contribution in [0.25, 0.3) is 0 Å². The Morgan fingerprint density at radius 2 is 2.47 bits per heavy atom. The Labute approximate surface area is 110 Å². The molecule has 0 spiro atoms. The Morgan fingerprint density at radius 3 is 3.18 bits per heavy atom. The Hall–Kier alpha value is -0.520. The zero-order chi connectivity index (χ0) is 11.7. The molecule has 2 aliphatic heterocycles. The molecular formula is C12H16N2OS2. The molecule has 2 aliphatic rings. The molecule has 0 aromatic carbocycles. The van der Waals surface area contributed by atoms with Gasteiger partial charge in [-0.15, -0.1) is 23.1 Å². The summed E-state index contributed by atoms with van der Waals surface area (Å²) in [5, 5.41) is 5.37. The van der Waals surface area contributed by atoms with Crippen molar-refractivity contribution in [2.45, 2.75) is 24.9 Å². The predicted molar refractivity (Wildman–Crippen MR) is 72.3 cm³/mol. The first-order chi connectivity index (χ1) is 8.36. The number of likely N-dealkylation sites (tertiary alicyclic amines) is 1. The molecule has 92 valence electrons. The minimum absolute atomic E-state index is 0.0422. The van der Waals surface area contributed by atoms with Crippen molar-refractivity contribution < 1.29 is 4.79 Å². The van der Waals surface area contributed by atoms with E-state index in [1.54, 1.807) is 11.3 Å². The predicted octanol–water partition coefficient (Wildman–Crippen LogP) is 2.07. The largest absolute Gasteiger partial charge is 0.333 e. The van der Waals surface area contributed by atoms with Gasteiger partial charge in [-0.3, -0.25) is 10.1 Å². The van der Waals surface area contributed by atoms with E-state index in [1.165, 1.54) is 4.88 Å². The molecule has 3 heterocycles. The highest BCUT2D eigenvalue weighted by Gasteiger charge is 2.35. The van der Waals surface area contributed by atoms with Crippen molar-refractivity contribution in [1.82, 2.24) is 10.2 Å². The van der Waals surface area contributed by atoms with Gasteiger partial charge in [0.1, 0.15) is 0 Å². The summed E-state index contributed by atoms with van der Waals surface area (Å²) < 4.78 is 0. The summed E-state index contributed by atoms with van der Waals surface area (Å²) in [6, 6.07) is 4.60. The minimum Gasteiger partial charge on any atom is -0.333 e. The van der Waals surface area contributed by atoms with Crippen LogP contribution < -0.4 is 5.32 Å². The van der Waals surface area contributed by atoms with Crippen molar-refractivity contribution in [3.8, 4) is 0 Å². The number of hydrogen-bond donors (Lipinski definition) is 1. The lowest BCUT2D eigenvalue weighted by Crippen LogP contribution is -2.44. The SMILES string of the molecule is O=C(C1CSCN1)N1CCCC1c1cccs1. The monoisotopic (exact) mass is 268 g/mol. The zero-order valence-electron chi connectivity index (χ0n) is 9.59. The summed E-state index contributed by atoms with van der Waals surface area (Å²) in [7, 11) is 0. The van der Waals surface area contributed by atoms with E-state index in [9.17, 15) is 4.79 Å². The summed E-state index contributed by atoms with van der Waals surface area (Å²) in [5.41, 5.74) is 0. The number of carbonyl (C=O) groups is 1. The van der Waals surface area contributed by atoms with Crippen LogP contribution in [-0.2, 0) is 4.79 Å². The maximum atomic E-state index is 12.4. The van der Waals surface area contributed by atoms with Gasteiger partial charge in [0.2, 0.25) is 5.91 Å². The van der Waals surface area contributed by atoms with E-state index in [0.29, 0.717) is 11.9 Å². The number of nitrogens with one attached hydrogen (secondary N) is 1. The van der Waals surface area contributed by atoms with Crippen LogP contribution in [0.1, 0.15) is 23.8 Å². The second-order valence-corrected chi connectivity index (χ2v) is 6.49. The molecule has 17 heavy (non-hydrogen) atoms. The molecule has 5 heteroatoms. The summed E-state index contributed by atoms with van der Waals surface area (Å²) >= 11 is 3.58. The van der Waals surface area contributed by atoms with E-state index in [1.807, 2.05) is 11.8 Å². The second-order valence-electron chi connectivity index (χ2n) is 4.48. The Morgan fingerprint density at radius 1 is 1.53 bits per heavy atom. The minimum atomic E-state index is 0.0422. The Balaban J connectivity index is 1.75. The standard InChI is InChI=1S/C12H16N2OS2/c15-12(9-7-16-8-13-9)14-5-1-3-10(14)11-4-2-6-17-11/h2,4,6,9-10,13H,1,3,5,7-8H2. The fraction of sp³-hybridized carbons (Fsp3) is 0.583. The molecule has 0 aliphatic carbocycles. The number of rotatable bonds is 2. The van der Waals surface area contributed by atoms with E-state index >= 15 is 0 Å². The van der Waals surface area contributed by atoms with Gasteiger partial charge in [-0.2, -0.15) is 0 Å². The Kier molecular flexibility index (Phi) is 3.40. The first-order valence-corrected chi connectivity index (χ1v) is 8.05. The van der Waals surface area contributed by atoms with Crippen molar-refractivity contribution in [1.29, 1.82) is 0 Å². The first kappa shape index (κ1) is 11.6. The molecule has 2 unspecified atom stereocenters. The smallest absolute Gasteiger partial charge is 0.241 e.